The second kappa shape index (κ2) is 4.92. The number of aliphatic hydroxyl groups excluding tert-OH is 2. The first-order valence-corrected chi connectivity index (χ1v) is 5.32. The fourth-order valence-corrected chi connectivity index (χ4v) is 1.83. The molecule has 0 aromatic carbocycles. The van der Waals surface area contributed by atoms with Gasteiger partial charge in [-0.2, -0.15) is 0 Å². The molecule has 1 aliphatic carbocycles. The molecule has 0 bridgehead atoms. The van der Waals surface area contributed by atoms with Crippen LogP contribution in [0.3, 0.4) is 0 Å². The van der Waals surface area contributed by atoms with Gasteiger partial charge in [-0.1, -0.05) is 6.42 Å². The van der Waals surface area contributed by atoms with Crippen molar-refractivity contribution in [2.24, 2.45) is 11.7 Å². The van der Waals surface area contributed by atoms with E-state index in [1.165, 1.54) is 0 Å². The molecule has 2 atom stereocenters. The molecule has 1 aliphatic rings. The lowest BCUT2D eigenvalue weighted by Gasteiger charge is -2.28. The van der Waals surface area contributed by atoms with Crippen LogP contribution in [0.4, 0.5) is 0 Å². The zero-order valence-corrected chi connectivity index (χ0v) is 9.07. The van der Waals surface area contributed by atoms with Gasteiger partial charge in [-0.25, -0.2) is 0 Å². The zero-order valence-electron chi connectivity index (χ0n) is 9.07. The van der Waals surface area contributed by atoms with Crippen LogP contribution in [0.5, 0.6) is 0 Å². The van der Waals surface area contributed by atoms with Crippen molar-refractivity contribution in [1.82, 2.24) is 5.32 Å². The van der Waals surface area contributed by atoms with Crippen molar-refractivity contribution in [3.05, 3.63) is 0 Å². The molecule has 0 saturated heterocycles. The zero-order chi connectivity index (χ0) is 11.5. The van der Waals surface area contributed by atoms with Gasteiger partial charge in [0.25, 0.3) is 0 Å². The van der Waals surface area contributed by atoms with E-state index in [1.807, 2.05) is 0 Å². The Morgan fingerprint density at radius 3 is 2.47 bits per heavy atom. The average Bonchev–Trinajstić information content (AvgIpc) is 2.64. The normalized spacial score (nSPS) is 26.7. The summed E-state index contributed by atoms with van der Waals surface area (Å²) >= 11 is 0. The lowest BCUT2D eigenvalue weighted by Crippen LogP contribution is -2.54. The van der Waals surface area contributed by atoms with Crippen LogP contribution in [0.25, 0.3) is 0 Å². The summed E-state index contributed by atoms with van der Waals surface area (Å²) in [6.45, 7) is 1.04. The maximum atomic E-state index is 11.8. The summed E-state index contributed by atoms with van der Waals surface area (Å²) in [7, 11) is 0. The molecule has 0 aromatic rings. The Labute approximate surface area is 89.7 Å². The molecular weight excluding hydrogens is 196 g/mol. The standard InChI is InChI=1S/C10H20N2O3/c1-10(5-13,6-14)12-9(15)7-3-2-4-8(7)11/h7-8,13-14H,2-6,11H2,1H3,(H,12,15). The highest BCUT2D eigenvalue weighted by Gasteiger charge is 2.34. The molecule has 15 heavy (non-hydrogen) atoms. The third-order valence-corrected chi connectivity index (χ3v) is 3.03. The van der Waals surface area contributed by atoms with Crippen LogP contribution in [0, 0.1) is 5.92 Å². The van der Waals surface area contributed by atoms with Crippen molar-refractivity contribution in [1.29, 1.82) is 0 Å². The number of nitrogens with one attached hydrogen (secondary N) is 1. The number of carbonyl (C=O) groups excluding carboxylic acids is 1. The number of hydrogen-bond donors (Lipinski definition) is 4. The fourth-order valence-electron chi connectivity index (χ4n) is 1.83. The van der Waals surface area contributed by atoms with Gasteiger partial charge in [-0.15, -0.1) is 0 Å². The minimum Gasteiger partial charge on any atom is -0.394 e. The maximum absolute atomic E-state index is 11.8. The van der Waals surface area contributed by atoms with Crippen LogP contribution in [0.15, 0.2) is 0 Å². The van der Waals surface area contributed by atoms with Crippen LogP contribution in [0.1, 0.15) is 26.2 Å². The number of nitrogens with two attached hydrogens (primary N) is 1. The summed E-state index contributed by atoms with van der Waals surface area (Å²) < 4.78 is 0. The van der Waals surface area contributed by atoms with E-state index in [0.29, 0.717) is 0 Å². The van der Waals surface area contributed by atoms with Crippen molar-refractivity contribution in [3.8, 4) is 0 Å². The highest BCUT2D eigenvalue weighted by molar-refractivity contribution is 5.80. The first-order chi connectivity index (χ1) is 7.02. The topological polar surface area (TPSA) is 95.6 Å². The Balaban J connectivity index is 2.54. The molecule has 1 fully saturated rings. The molecular formula is C10H20N2O3. The Morgan fingerprint density at radius 2 is 2.07 bits per heavy atom. The molecule has 5 heteroatoms. The van der Waals surface area contributed by atoms with E-state index in [-0.39, 0.29) is 31.1 Å². The van der Waals surface area contributed by atoms with Crippen LogP contribution < -0.4 is 11.1 Å². The number of aliphatic hydroxyl groups is 2. The van der Waals surface area contributed by atoms with Gasteiger partial charge in [0.15, 0.2) is 0 Å². The predicted molar refractivity (Wildman–Crippen MR) is 56.0 cm³/mol. The lowest BCUT2D eigenvalue weighted by atomic mass is 9.99. The highest BCUT2D eigenvalue weighted by Crippen LogP contribution is 2.24. The van der Waals surface area contributed by atoms with Crippen LogP contribution in [0.2, 0.25) is 0 Å². The largest absolute Gasteiger partial charge is 0.394 e. The third-order valence-electron chi connectivity index (χ3n) is 3.03. The van der Waals surface area contributed by atoms with Gasteiger partial charge in [0.2, 0.25) is 5.91 Å². The monoisotopic (exact) mass is 216 g/mol. The van der Waals surface area contributed by atoms with Gasteiger partial charge in [0.05, 0.1) is 24.7 Å². The lowest BCUT2D eigenvalue weighted by molar-refractivity contribution is -0.128. The van der Waals surface area contributed by atoms with Gasteiger partial charge in [-0.05, 0) is 19.8 Å². The van der Waals surface area contributed by atoms with E-state index in [0.717, 1.165) is 19.3 Å². The van der Waals surface area contributed by atoms with E-state index in [9.17, 15) is 4.79 Å². The van der Waals surface area contributed by atoms with Gasteiger partial charge in [0.1, 0.15) is 0 Å². The molecule has 0 radical (unpaired) electrons. The van der Waals surface area contributed by atoms with Crippen molar-refractivity contribution < 1.29 is 15.0 Å². The smallest absolute Gasteiger partial charge is 0.225 e. The third kappa shape index (κ3) is 2.90. The van der Waals surface area contributed by atoms with E-state index in [4.69, 9.17) is 15.9 Å². The van der Waals surface area contributed by atoms with Crippen LogP contribution >= 0.6 is 0 Å². The van der Waals surface area contributed by atoms with Crippen LogP contribution in [-0.2, 0) is 4.79 Å². The summed E-state index contributed by atoms with van der Waals surface area (Å²) in [5.74, 6) is -0.340. The summed E-state index contributed by atoms with van der Waals surface area (Å²) in [5, 5.41) is 20.7. The van der Waals surface area contributed by atoms with E-state index in [1.54, 1.807) is 6.92 Å². The Hall–Kier alpha value is -0.650. The van der Waals surface area contributed by atoms with E-state index >= 15 is 0 Å². The number of amides is 1. The molecule has 5 nitrogen and oxygen atoms in total. The summed E-state index contributed by atoms with van der Waals surface area (Å²) in [6.07, 6.45) is 2.63. The molecule has 5 N–H and O–H groups in total. The Kier molecular flexibility index (Phi) is 4.07. The first-order valence-electron chi connectivity index (χ1n) is 5.32. The number of rotatable bonds is 4. The molecule has 2 unspecified atom stereocenters. The van der Waals surface area contributed by atoms with Gasteiger partial charge in [0, 0.05) is 6.04 Å². The molecule has 88 valence electrons. The summed E-state index contributed by atoms with van der Waals surface area (Å²) in [6, 6.07) is -0.0911. The van der Waals surface area contributed by atoms with Gasteiger partial charge in [-0.3, -0.25) is 4.79 Å². The molecule has 1 saturated carbocycles. The van der Waals surface area contributed by atoms with Crippen molar-refractivity contribution >= 4 is 5.91 Å². The van der Waals surface area contributed by atoms with Crippen molar-refractivity contribution in [3.63, 3.8) is 0 Å². The second-order valence-electron chi connectivity index (χ2n) is 4.57. The molecule has 0 spiro atoms. The molecule has 1 amide bonds. The van der Waals surface area contributed by atoms with Gasteiger partial charge < -0.3 is 21.3 Å². The van der Waals surface area contributed by atoms with Crippen LogP contribution in [-0.4, -0.2) is 40.9 Å². The molecule has 0 aromatic heterocycles. The SMILES string of the molecule is CC(CO)(CO)NC(=O)C1CCCC1N. The molecule has 0 heterocycles. The summed E-state index contributed by atoms with van der Waals surface area (Å²) in [5.41, 5.74) is 4.85. The maximum Gasteiger partial charge on any atom is 0.225 e. The highest BCUT2D eigenvalue weighted by atomic mass is 16.3. The second-order valence-corrected chi connectivity index (χ2v) is 4.57. The average molecular weight is 216 g/mol. The fraction of sp³-hybridized carbons (Fsp3) is 0.900. The first kappa shape index (κ1) is 12.4. The van der Waals surface area contributed by atoms with E-state index in [2.05, 4.69) is 5.32 Å². The number of hydrogen-bond acceptors (Lipinski definition) is 4. The summed E-state index contributed by atoms with van der Waals surface area (Å²) in [4.78, 5) is 11.8. The predicted octanol–water partition coefficient (Wildman–Crippen LogP) is -1.03. The minimum absolute atomic E-state index is 0.0911. The molecule has 0 aliphatic heterocycles. The molecule has 1 rings (SSSR count). The number of carbonyl (C=O) groups is 1. The van der Waals surface area contributed by atoms with Crippen molar-refractivity contribution in [2.75, 3.05) is 13.2 Å². The van der Waals surface area contributed by atoms with Gasteiger partial charge >= 0.3 is 0 Å². The quantitative estimate of drug-likeness (QED) is 0.483. The minimum atomic E-state index is -0.945. The van der Waals surface area contributed by atoms with Crippen molar-refractivity contribution in [2.45, 2.75) is 37.8 Å². The Bertz CT molecular complexity index is 229. The van der Waals surface area contributed by atoms with E-state index < -0.39 is 5.54 Å². The Morgan fingerprint density at radius 1 is 1.47 bits per heavy atom.